The van der Waals surface area contributed by atoms with Crippen LogP contribution in [-0.4, -0.2) is 73.1 Å². The second kappa shape index (κ2) is 10.2. The van der Waals surface area contributed by atoms with E-state index in [1.165, 1.54) is 6.20 Å². The summed E-state index contributed by atoms with van der Waals surface area (Å²) in [6, 6.07) is 5.46. The zero-order chi connectivity index (χ0) is 24.9. The highest BCUT2D eigenvalue weighted by Crippen LogP contribution is 2.36. The van der Waals surface area contributed by atoms with E-state index in [9.17, 15) is 4.79 Å². The van der Waals surface area contributed by atoms with Crippen LogP contribution >= 0.6 is 0 Å². The minimum atomic E-state index is -0.669. The van der Waals surface area contributed by atoms with Gasteiger partial charge in [-0.05, 0) is 26.2 Å². The molecule has 0 aliphatic heterocycles. The molecule has 35 heavy (non-hydrogen) atoms. The molecular weight excluding hydrogens is 450 g/mol. The minimum absolute atomic E-state index is 0.126. The standard InChI is InChI=1S/C22H27N11O2/c1-31(2)8-9-33-12-14(10-26-33)27-22-24-11-16(19(23)34)21(29-22)28-17-7-5-6-15(18(17)35-4)20-25-13-32(3)30-20/h5-7,10-13H,8-9H2,1-4H3,(H2,23,34)(H2,24,27,28,29). The molecule has 13 heteroatoms. The van der Waals surface area contributed by atoms with Gasteiger partial charge in [0.15, 0.2) is 11.6 Å². The number of rotatable bonds is 10. The molecule has 0 aliphatic carbocycles. The number of carbonyl (C=O) groups excluding carboxylic acids is 1. The normalized spacial score (nSPS) is 11.0. The topological polar surface area (TPSA) is 154 Å². The Balaban J connectivity index is 1.62. The van der Waals surface area contributed by atoms with Crippen molar-refractivity contribution in [1.82, 2.24) is 39.4 Å². The minimum Gasteiger partial charge on any atom is -0.494 e. The Bertz CT molecular complexity index is 1330. The second-order valence-electron chi connectivity index (χ2n) is 7.99. The highest BCUT2D eigenvalue weighted by molar-refractivity contribution is 5.98. The highest BCUT2D eigenvalue weighted by atomic mass is 16.5. The fraction of sp³-hybridized carbons (Fsp3) is 0.273. The number of primary amides is 1. The van der Waals surface area contributed by atoms with Gasteiger partial charge in [0.1, 0.15) is 17.7 Å². The number of benzene rings is 1. The van der Waals surface area contributed by atoms with Crippen molar-refractivity contribution in [1.29, 1.82) is 0 Å². The van der Waals surface area contributed by atoms with E-state index >= 15 is 0 Å². The summed E-state index contributed by atoms with van der Waals surface area (Å²) in [4.78, 5) is 27.1. The first-order valence-electron chi connectivity index (χ1n) is 10.7. The van der Waals surface area contributed by atoms with Gasteiger partial charge in [0.25, 0.3) is 5.91 Å². The first kappa shape index (κ1) is 23.6. The number of aryl methyl sites for hydroxylation is 1. The molecule has 0 saturated carbocycles. The summed E-state index contributed by atoms with van der Waals surface area (Å²) in [5, 5.41) is 14.9. The summed E-state index contributed by atoms with van der Waals surface area (Å²) in [6.45, 7) is 1.60. The van der Waals surface area contributed by atoms with E-state index in [1.54, 1.807) is 37.4 Å². The lowest BCUT2D eigenvalue weighted by atomic mass is 10.1. The summed E-state index contributed by atoms with van der Waals surface area (Å²) in [6.07, 6.45) is 6.51. The summed E-state index contributed by atoms with van der Waals surface area (Å²) in [7, 11) is 7.33. The number of amides is 1. The Morgan fingerprint density at radius 2 is 2.03 bits per heavy atom. The van der Waals surface area contributed by atoms with Crippen LogP contribution in [0, 0.1) is 0 Å². The molecule has 1 aromatic carbocycles. The third-order valence-electron chi connectivity index (χ3n) is 5.03. The van der Waals surface area contributed by atoms with Crippen LogP contribution in [0.2, 0.25) is 0 Å². The predicted octanol–water partition coefficient (Wildman–Crippen LogP) is 1.62. The number of para-hydroxylation sites is 1. The van der Waals surface area contributed by atoms with Gasteiger partial charge in [0.2, 0.25) is 5.95 Å². The molecule has 0 aliphatic rings. The van der Waals surface area contributed by atoms with E-state index in [-0.39, 0.29) is 17.3 Å². The molecule has 182 valence electrons. The van der Waals surface area contributed by atoms with Crippen molar-refractivity contribution in [2.45, 2.75) is 6.54 Å². The predicted molar refractivity (Wildman–Crippen MR) is 131 cm³/mol. The van der Waals surface area contributed by atoms with Crippen molar-refractivity contribution in [3.8, 4) is 17.1 Å². The van der Waals surface area contributed by atoms with Gasteiger partial charge < -0.3 is 26.0 Å². The molecule has 13 nitrogen and oxygen atoms in total. The molecule has 0 saturated heterocycles. The number of hydrogen-bond acceptors (Lipinski definition) is 10. The molecule has 0 atom stereocenters. The van der Waals surface area contributed by atoms with Gasteiger partial charge in [-0.15, -0.1) is 0 Å². The van der Waals surface area contributed by atoms with Crippen LogP contribution in [-0.2, 0) is 13.6 Å². The van der Waals surface area contributed by atoms with Crippen molar-refractivity contribution in [3.05, 3.63) is 48.7 Å². The fourth-order valence-electron chi connectivity index (χ4n) is 3.32. The summed E-state index contributed by atoms with van der Waals surface area (Å²) in [5.41, 5.74) is 7.65. The monoisotopic (exact) mass is 477 g/mol. The van der Waals surface area contributed by atoms with Gasteiger partial charge in [-0.1, -0.05) is 6.07 Å². The maximum absolute atomic E-state index is 12.1. The van der Waals surface area contributed by atoms with Crippen LogP contribution in [0.4, 0.5) is 23.1 Å². The molecular formula is C22H27N11O2. The van der Waals surface area contributed by atoms with Gasteiger partial charge in [0, 0.05) is 26.0 Å². The van der Waals surface area contributed by atoms with Crippen molar-refractivity contribution in [2.24, 2.45) is 12.8 Å². The maximum atomic E-state index is 12.1. The molecule has 4 rings (SSSR count). The lowest BCUT2D eigenvalue weighted by Gasteiger charge is -2.15. The van der Waals surface area contributed by atoms with E-state index in [1.807, 2.05) is 37.1 Å². The molecule has 0 radical (unpaired) electrons. The number of nitrogens with zero attached hydrogens (tertiary/aromatic N) is 8. The van der Waals surface area contributed by atoms with Gasteiger partial charge in [0.05, 0.1) is 36.8 Å². The van der Waals surface area contributed by atoms with Gasteiger partial charge in [-0.3, -0.25) is 14.2 Å². The van der Waals surface area contributed by atoms with Crippen LogP contribution < -0.4 is 21.1 Å². The molecule has 3 aromatic heterocycles. The number of nitrogens with one attached hydrogen (secondary N) is 2. The number of likely N-dealkylation sites (N-methyl/N-ethyl adjacent to an activating group) is 1. The number of nitrogens with two attached hydrogens (primary N) is 1. The van der Waals surface area contributed by atoms with Crippen LogP contribution in [0.5, 0.6) is 5.75 Å². The molecule has 0 fully saturated rings. The van der Waals surface area contributed by atoms with Crippen LogP contribution in [0.3, 0.4) is 0 Å². The Morgan fingerprint density at radius 1 is 1.20 bits per heavy atom. The van der Waals surface area contributed by atoms with E-state index in [4.69, 9.17) is 10.5 Å². The summed E-state index contributed by atoms with van der Waals surface area (Å²) in [5.74, 6) is 0.812. The van der Waals surface area contributed by atoms with E-state index < -0.39 is 5.91 Å². The summed E-state index contributed by atoms with van der Waals surface area (Å²) < 4.78 is 9.06. The Morgan fingerprint density at radius 3 is 2.71 bits per heavy atom. The van der Waals surface area contributed by atoms with E-state index in [2.05, 4.69) is 40.7 Å². The van der Waals surface area contributed by atoms with Gasteiger partial charge in [-0.2, -0.15) is 15.2 Å². The van der Waals surface area contributed by atoms with Crippen molar-refractivity contribution >= 4 is 29.0 Å². The molecule has 1 amide bonds. The van der Waals surface area contributed by atoms with Gasteiger partial charge in [-0.25, -0.2) is 9.97 Å². The quantitative estimate of drug-likeness (QED) is 0.307. The van der Waals surface area contributed by atoms with Crippen LogP contribution in [0.25, 0.3) is 11.4 Å². The highest BCUT2D eigenvalue weighted by Gasteiger charge is 2.18. The number of hydrogen-bond donors (Lipinski definition) is 3. The number of ether oxygens (including phenoxy) is 1. The Hall–Kier alpha value is -4.52. The number of carbonyl (C=O) groups is 1. The molecule has 0 unspecified atom stereocenters. The molecule has 3 heterocycles. The smallest absolute Gasteiger partial charge is 0.254 e. The van der Waals surface area contributed by atoms with E-state index in [0.29, 0.717) is 28.5 Å². The second-order valence-corrected chi connectivity index (χ2v) is 7.99. The van der Waals surface area contributed by atoms with Crippen molar-refractivity contribution in [2.75, 3.05) is 38.4 Å². The van der Waals surface area contributed by atoms with Crippen LogP contribution in [0.1, 0.15) is 10.4 Å². The van der Waals surface area contributed by atoms with Crippen LogP contribution in [0.15, 0.2) is 43.1 Å². The Labute approximate surface area is 202 Å². The zero-order valence-electron chi connectivity index (χ0n) is 19.9. The zero-order valence-corrected chi connectivity index (χ0v) is 19.9. The molecule has 4 N–H and O–H groups in total. The fourth-order valence-corrected chi connectivity index (χ4v) is 3.32. The number of methoxy groups -OCH3 is 1. The third kappa shape index (κ3) is 5.52. The van der Waals surface area contributed by atoms with Crippen molar-refractivity contribution in [3.63, 3.8) is 0 Å². The molecule has 0 bridgehead atoms. The largest absolute Gasteiger partial charge is 0.494 e. The van der Waals surface area contributed by atoms with Crippen molar-refractivity contribution < 1.29 is 9.53 Å². The lowest BCUT2D eigenvalue weighted by molar-refractivity contribution is 0.100. The Kier molecular flexibility index (Phi) is 6.87. The first-order chi connectivity index (χ1) is 16.8. The number of anilines is 4. The maximum Gasteiger partial charge on any atom is 0.254 e. The lowest BCUT2D eigenvalue weighted by Crippen LogP contribution is -2.18. The molecule has 0 spiro atoms. The average molecular weight is 478 g/mol. The molecule has 4 aromatic rings. The SMILES string of the molecule is COc1c(Nc2nc(Nc3cnn(CCN(C)C)c3)ncc2C(N)=O)cccc1-c1ncn(C)n1. The third-order valence-corrected chi connectivity index (χ3v) is 5.03. The average Bonchev–Trinajstić information content (AvgIpc) is 3.46. The van der Waals surface area contributed by atoms with Gasteiger partial charge >= 0.3 is 0 Å². The summed E-state index contributed by atoms with van der Waals surface area (Å²) >= 11 is 0. The van der Waals surface area contributed by atoms with E-state index in [0.717, 1.165) is 13.1 Å². The first-order valence-corrected chi connectivity index (χ1v) is 10.7. The number of aromatic nitrogens is 7.